The van der Waals surface area contributed by atoms with E-state index in [1.807, 2.05) is 26.0 Å². The summed E-state index contributed by atoms with van der Waals surface area (Å²) in [7, 11) is 3.28. The minimum absolute atomic E-state index is 0.0116. The van der Waals surface area contributed by atoms with E-state index in [1.165, 1.54) is 5.56 Å². The molecule has 0 aliphatic heterocycles. The fraction of sp³-hybridized carbons (Fsp3) is 0.625. The first-order chi connectivity index (χ1) is 10.1. The molecule has 120 valence electrons. The van der Waals surface area contributed by atoms with Gasteiger partial charge in [0.15, 0.2) is 0 Å². The highest BCUT2D eigenvalue weighted by atomic mass is 16.5. The molecule has 0 amide bonds. The van der Waals surface area contributed by atoms with Crippen LogP contribution in [-0.2, 0) is 9.47 Å². The third kappa shape index (κ3) is 6.91. The number of hydrogen-bond donors (Lipinski definition) is 2. The number of methoxy groups -OCH3 is 2. The lowest BCUT2D eigenvalue weighted by Crippen LogP contribution is -2.38. The molecule has 5 heteroatoms. The van der Waals surface area contributed by atoms with Crippen molar-refractivity contribution in [3.8, 4) is 5.75 Å². The first-order valence-electron chi connectivity index (χ1n) is 7.17. The Kier molecular flexibility index (Phi) is 8.30. The molecule has 0 heterocycles. The van der Waals surface area contributed by atoms with Gasteiger partial charge in [-0.3, -0.25) is 0 Å². The van der Waals surface area contributed by atoms with Gasteiger partial charge in [0.05, 0.1) is 12.7 Å². The molecule has 0 spiro atoms. The van der Waals surface area contributed by atoms with Crippen molar-refractivity contribution in [2.75, 3.05) is 40.5 Å². The van der Waals surface area contributed by atoms with Gasteiger partial charge >= 0.3 is 0 Å². The molecular formula is C16H27NO4. The second kappa shape index (κ2) is 9.73. The average Bonchev–Trinajstić information content (AvgIpc) is 2.45. The fourth-order valence-electron chi connectivity index (χ4n) is 2.01. The Morgan fingerprint density at radius 1 is 1.14 bits per heavy atom. The zero-order valence-corrected chi connectivity index (χ0v) is 13.4. The number of aliphatic hydroxyl groups is 1. The van der Waals surface area contributed by atoms with Gasteiger partial charge in [0.1, 0.15) is 18.5 Å². The number of aryl methyl sites for hydroxylation is 2. The summed E-state index contributed by atoms with van der Waals surface area (Å²) in [5.74, 6) is 0.814. The van der Waals surface area contributed by atoms with Gasteiger partial charge < -0.3 is 24.6 Å². The largest absolute Gasteiger partial charge is 0.491 e. The highest BCUT2D eigenvalue weighted by Crippen LogP contribution is 2.18. The summed E-state index contributed by atoms with van der Waals surface area (Å²) in [6.45, 7) is 5.92. The van der Waals surface area contributed by atoms with Gasteiger partial charge in [-0.15, -0.1) is 0 Å². The zero-order valence-electron chi connectivity index (χ0n) is 13.4. The molecule has 1 rings (SSSR count). The van der Waals surface area contributed by atoms with Crippen LogP contribution in [0.25, 0.3) is 0 Å². The van der Waals surface area contributed by atoms with Crippen LogP contribution >= 0.6 is 0 Å². The van der Waals surface area contributed by atoms with Crippen LogP contribution in [0.5, 0.6) is 5.75 Å². The van der Waals surface area contributed by atoms with Crippen LogP contribution in [0.1, 0.15) is 11.1 Å². The van der Waals surface area contributed by atoms with Crippen LogP contribution in [0.15, 0.2) is 18.2 Å². The molecule has 2 atom stereocenters. The van der Waals surface area contributed by atoms with Crippen molar-refractivity contribution in [2.24, 2.45) is 0 Å². The van der Waals surface area contributed by atoms with E-state index in [0.717, 1.165) is 11.3 Å². The Balaban J connectivity index is 2.26. The molecule has 2 N–H and O–H groups in total. The monoisotopic (exact) mass is 297 g/mol. The first kappa shape index (κ1) is 17.9. The summed E-state index contributed by atoms with van der Waals surface area (Å²) in [5, 5.41) is 13.1. The Morgan fingerprint density at radius 2 is 1.90 bits per heavy atom. The summed E-state index contributed by atoms with van der Waals surface area (Å²) in [6, 6.07) is 6.00. The first-order valence-corrected chi connectivity index (χ1v) is 7.17. The van der Waals surface area contributed by atoms with Crippen LogP contribution in [0, 0.1) is 13.8 Å². The number of aliphatic hydroxyl groups excluding tert-OH is 1. The smallest absolute Gasteiger partial charge is 0.122 e. The highest BCUT2D eigenvalue weighted by Gasteiger charge is 2.10. The standard InChI is InChI=1S/C16H27NO4/c1-12-5-6-16(13(2)7-12)21-10-14(18)8-17-9-15(20-4)11-19-3/h5-7,14-15,17-18H,8-11H2,1-4H3. The number of ether oxygens (including phenoxy) is 3. The van der Waals surface area contributed by atoms with Gasteiger partial charge in [-0.05, 0) is 25.5 Å². The number of benzene rings is 1. The maximum absolute atomic E-state index is 9.91. The molecule has 5 nitrogen and oxygen atoms in total. The van der Waals surface area contributed by atoms with Crippen LogP contribution in [0.4, 0.5) is 0 Å². The van der Waals surface area contributed by atoms with E-state index in [0.29, 0.717) is 19.7 Å². The summed E-state index contributed by atoms with van der Waals surface area (Å²) >= 11 is 0. The Morgan fingerprint density at radius 3 is 2.52 bits per heavy atom. The van der Waals surface area contributed by atoms with E-state index in [9.17, 15) is 5.11 Å². The molecule has 0 aliphatic carbocycles. The fourth-order valence-corrected chi connectivity index (χ4v) is 2.01. The maximum Gasteiger partial charge on any atom is 0.122 e. The maximum atomic E-state index is 9.91. The quantitative estimate of drug-likeness (QED) is 0.681. The molecule has 0 aliphatic rings. The molecule has 0 fully saturated rings. The van der Waals surface area contributed by atoms with Gasteiger partial charge in [0.2, 0.25) is 0 Å². The van der Waals surface area contributed by atoms with Gasteiger partial charge in [0.25, 0.3) is 0 Å². The van der Waals surface area contributed by atoms with Gasteiger partial charge in [-0.25, -0.2) is 0 Å². The molecule has 0 saturated heterocycles. The molecule has 1 aromatic rings. The van der Waals surface area contributed by atoms with Crippen LogP contribution in [-0.4, -0.2) is 57.8 Å². The molecule has 1 aromatic carbocycles. The van der Waals surface area contributed by atoms with Crippen molar-refractivity contribution in [1.29, 1.82) is 0 Å². The SMILES string of the molecule is COCC(CNCC(O)COc1ccc(C)cc1C)OC. The van der Waals surface area contributed by atoms with E-state index in [2.05, 4.69) is 11.4 Å². The van der Waals surface area contributed by atoms with Crippen LogP contribution < -0.4 is 10.1 Å². The lowest BCUT2D eigenvalue weighted by molar-refractivity contribution is 0.0256. The normalized spacial score (nSPS) is 14.0. The predicted octanol–water partition coefficient (Wildman–Crippen LogP) is 1.29. The van der Waals surface area contributed by atoms with Crippen molar-refractivity contribution in [3.63, 3.8) is 0 Å². The molecule has 0 bridgehead atoms. The topological polar surface area (TPSA) is 60.0 Å². The van der Waals surface area contributed by atoms with E-state index in [-0.39, 0.29) is 12.7 Å². The van der Waals surface area contributed by atoms with Crippen molar-refractivity contribution in [1.82, 2.24) is 5.32 Å². The lowest BCUT2D eigenvalue weighted by Gasteiger charge is -2.18. The third-order valence-electron chi connectivity index (χ3n) is 3.20. The highest BCUT2D eigenvalue weighted by molar-refractivity contribution is 5.35. The summed E-state index contributed by atoms with van der Waals surface area (Å²) in [4.78, 5) is 0. The number of hydrogen-bond acceptors (Lipinski definition) is 5. The van der Waals surface area contributed by atoms with Crippen molar-refractivity contribution < 1.29 is 19.3 Å². The zero-order chi connectivity index (χ0) is 15.7. The van der Waals surface area contributed by atoms with Crippen LogP contribution in [0.3, 0.4) is 0 Å². The number of nitrogens with one attached hydrogen (secondary N) is 1. The van der Waals surface area contributed by atoms with E-state index in [4.69, 9.17) is 14.2 Å². The Bertz CT molecular complexity index is 411. The summed E-state index contributed by atoms with van der Waals surface area (Å²) < 4.78 is 15.9. The second-order valence-corrected chi connectivity index (χ2v) is 5.21. The van der Waals surface area contributed by atoms with Gasteiger partial charge in [-0.2, -0.15) is 0 Å². The van der Waals surface area contributed by atoms with E-state index < -0.39 is 6.10 Å². The summed E-state index contributed by atoms with van der Waals surface area (Å²) in [6.07, 6.45) is -0.576. The van der Waals surface area contributed by atoms with E-state index >= 15 is 0 Å². The summed E-state index contributed by atoms with van der Waals surface area (Å²) in [5.41, 5.74) is 2.28. The molecule has 0 saturated carbocycles. The minimum atomic E-state index is -0.564. The van der Waals surface area contributed by atoms with Crippen molar-refractivity contribution >= 4 is 0 Å². The van der Waals surface area contributed by atoms with Gasteiger partial charge in [0, 0.05) is 27.3 Å². The third-order valence-corrected chi connectivity index (χ3v) is 3.20. The molecule has 21 heavy (non-hydrogen) atoms. The van der Waals surface area contributed by atoms with Crippen molar-refractivity contribution in [2.45, 2.75) is 26.1 Å². The molecule has 0 aromatic heterocycles. The molecular weight excluding hydrogens is 270 g/mol. The van der Waals surface area contributed by atoms with Crippen molar-refractivity contribution in [3.05, 3.63) is 29.3 Å². The average molecular weight is 297 g/mol. The van der Waals surface area contributed by atoms with Gasteiger partial charge in [-0.1, -0.05) is 17.7 Å². The van der Waals surface area contributed by atoms with E-state index in [1.54, 1.807) is 14.2 Å². The lowest BCUT2D eigenvalue weighted by atomic mass is 10.1. The molecule has 0 radical (unpaired) electrons. The van der Waals surface area contributed by atoms with Crippen LogP contribution in [0.2, 0.25) is 0 Å². The Hall–Kier alpha value is -1.14. The number of rotatable bonds is 10. The second-order valence-electron chi connectivity index (χ2n) is 5.21. The molecule has 2 unspecified atom stereocenters. The minimum Gasteiger partial charge on any atom is -0.491 e. The predicted molar refractivity (Wildman–Crippen MR) is 83.0 cm³/mol. The Labute approximate surface area is 127 Å².